The van der Waals surface area contributed by atoms with Crippen molar-refractivity contribution in [1.82, 2.24) is 9.78 Å². The highest BCUT2D eigenvalue weighted by molar-refractivity contribution is 9.10. The second-order valence-corrected chi connectivity index (χ2v) is 6.14. The number of benzene rings is 2. The molecule has 24 heavy (non-hydrogen) atoms. The lowest BCUT2D eigenvalue weighted by atomic mass is 10.1. The number of methoxy groups -OCH3 is 1. The summed E-state index contributed by atoms with van der Waals surface area (Å²) in [7, 11) is 3.39. The van der Waals surface area contributed by atoms with Gasteiger partial charge in [-0.25, -0.2) is 0 Å². The SMILES string of the molecule is COc1ccccc1-c1nn(C)cc1C(=O)Nc1ccc(Br)cc1. The molecule has 0 bridgehead atoms. The second-order valence-electron chi connectivity index (χ2n) is 5.23. The molecule has 1 N–H and O–H groups in total. The predicted octanol–water partition coefficient (Wildman–Crippen LogP) is 4.11. The van der Waals surface area contributed by atoms with Gasteiger partial charge in [0, 0.05) is 29.0 Å². The molecule has 1 aromatic heterocycles. The Hall–Kier alpha value is -2.60. The molecule has 2 aromatic carbocycles. The van der Waals surface area contributed by atoms with E-state index in [0.29, 0.717) is 17.0 Å². The maximum absolute atomic E-state index is 12.7. The van der Waals surface area contributed by atoms with Crippen LogP contribution in [0.25, 0.3) is 11.3 Å². The normalized spacial score (nSPS) is 10.5. The number of hydrogen-bond donors (Lipinski definition) is 1. The zero-order valence-corrected chi connectivity index (χ0v) is 14.9. The average molecular weight is 386 g/mol. The first-order valence-electron chi connectivity index (χ1n) is 7.32. The molecule has 0 aliphatic heterocycles. The fourth-order valence-corrected chi connectivity index (χ4v) is 2.69. The second kappa shape index (κ2) is 6.88. The first kappa shape index (κ1) is 16.3. The summed E-state index contributed by atoms with van der Waals surface area (Å²) in [6.07, 6.45) is 1.70. The van der Waals surface area contributed by atoms with E-state index in [1.54, 1.807) is 25.0 Å². The van der Waals surface area contributed by atoms with Gasteiger partial charge >= 0.3 is 0 Å². The fourth-order valence-electron chi connectivity index (χ4n) is 2.43. The van der Waals surface area contributed by atoms with Crippen LogP contribution >= 0.6 is 15.9 Å². The Kier molecular flexibility index (Phi) is 4.66. The van der Waals surface area contributed by atoms with E-state index in [-0.39, 0.29) is 5.91 Å². The molecule has 5 nitrogen and oxygen atoms in total. The monoisotopic (exact) mass is 385 g/mol. The molecule has 0 aliphatic rings. The maximum Gasteiger partial charge on any atom is 0.259 e. The van der Waals surface area contributed by atoms with Crippen molar-refractivity contribution in [2.45, 2.75) is 0 Å². The minimum absolute atomic E-state index is 0.216. The van der Waals surface area contributed by atoms with Crippen LogP contribution in [-0.2, 0) is 7.05 Å². The smallest absolute Gasteiger partial charge is 0.259 e. The van der Waals surface area contributed by atoms with Crippen LogP contribution in [-0.4, -0.2) is 22.8 Å². The van der Waals surface area contributed by atoms with Crippen molar-refractivity contribution in [3.8, 4) is 17.0 Å². The molecule has 0 aliphatic carbocycles. The van der Waals surface area contributed by atoms with Crippen molar-refractivity contribution in [2.24, 2.45) is 7.05 Å². The molecule has 0 saturated carbocycles. The Balaban J connectivity index is 1.97. The van der Waals surface area contributed by atoms with Gasteiger partial charge in [0.25, 0.3) is 5.91 Å². The highest BCUT2D eigenvalue weighted by Gasteiger charge is 2.19. The van der Waals surface area contributed by atoms with Gasteiger partial charge in [-0.3, -0.25) is 9.48 Å². The van der Waals surface area contributed by atoms with Crippen molar-refractivity contribution in [3.63, 3.8) is 0 Å². The Morgan fingerprint density at radius 1 is 1.17 bits per heavy atom. The summed E-state index contributed by atoms with van der Waals surface area (Å²) in [5, 5.41) is 7.33. The molecule has 122 valence electrons. The molecule has 0 saturated heterocycles. The molecular weight excluding hydrogens is 370 g/mol. The van der Waals surface area contributed by atoms with Crippen LogP contribution in [0.5, 0.6) is 5.75 Å². The van der Waals surface area contributed by atoms with Crippen molar-refractivity contribution in [2.75, 3.05) is 12.4 Å². The van der Waals surface area contributed by atoms with Crippen LogP contribution in [0, 0.1) is 0 Å². The number of halogens is 1. The number of carbonyl (C=O) groups excluding carboxylic acids is 1. The Morgan fingerprint density at radius 3 is 2.58 bits per heavy atom. The summed E-state index contributed by atoms with van der Waals surface area (Å²) in [6.45, 7) is 0. The summed E-state index contributed by atoms with van der Waals surface area (Å²) in [4.78, 5) is 12.7. The van der Waals surface area contributed by atoms with E-state index in [4.69, 9.17) is 4.74 Å². The lowest BCUT2D eigenvalue weighted by molar-refractivity contribution is 0.102. The van der Waals surface area contributed by atoms with Gasteiger partial charge in [-0.1, -0.05) is 28.1 Å². The van der Waals surface area contributed by atoms with Crippen molar-refractivity contribution >= 4 is 27.5 Å². The molecule has 6 heteroatoms. The van der Waals surface area contributed by atoms with Gasteiger partial charge in [-0.15, -0.1) is 0 Å². The van der Waals surface area contributed by atoms with Crippen molar-refractivity contribution in [1.29, 1.82) is 0 Å². The Morgan fingerprint density at radius 2 is 1.88 bits per heavy atom. The largest absolute Gasteiger partial charge is 0.496 e. The highest BCUT2D eigenvalue weighted by atomic mass is 79.9. The van der Waals surface area contributed by atoms with E-state index < -0.39 is 0 Å². The van der Waals surface area contributed by atoms with Crippen LogP contribution in [0.4, 0.5) is 5.69 Å². The number of aromatic nitrogens is 2. The predicted molar refractivity (Wildman–Crippen MR) is 97.3 cm³/mol. The first-order chi connectivity index (χ1) is 11.6. The molecule has 0 atom stereocenters. The van der Waals surface area contributed by atoms with E-state index in [9.17, 15) is 4.79 Å². The summed E-state index contributed by atoms with van der Waals surface area (Å²) < 4.78 is 7.97. The topological polar surface area (TPSA) is 56.2 Å². The highest BCUT2D eigenvalue weighted by Crippen LogP contribution is 2.31. The van der Waals surface area contributed by atoms with Crippen LogP contribution < -0.4 is 10.1 Å². The number of nitrogens with one attached hydrogen (secondary N) is 1. The van der Waals surface area contributed by atoms with Crippen LogP contribution in [0.15, 0.2) is 59.2 Å². The number of ether oxygens (including phenoxy) is 1. The quantitative estimate of drug-likeness (QED) is 0.734. The van der Waals surface area contributed by atoms with Gasteiger partial charge in [0.2, 0.25) is 0 Å². The molecule has 1 amide bonds. The average Bonchev–Trinajstić information content (AvgIpc) is 2.98. The van der Waals surface area contributed by atoms with Crippen LogP contribution in [0.2, 0.25) is 0 Å². The summed E-state index contributed by atoms with van der Waals surface area (Å²) in [5.41, 5.74) is 2.58. The molecule has 0 fully saturated rings. The van der Waals surface area contributed by atoms with E-state index in [0.717, 1.165) is 15.7 Å². The number of nitrogens with zero attached hydrogens (tertiary/aromatic N) is 2. The van der Waals surface area contributed by atoms with Gasteiger partial charge in [-0.05, 0) is 36.4 Å². The van der Waals surface area contributed by atoms with E-state index in [2.05, 4.69) is 26.3 Å². The number of anilines is 1. The van der Waals surface area contributed by atoms with Crippen LogP contribution in [0.1, 0.15) is 10.4 Å². The maximum atomic E-state index is 12.7. The van der Waals surface area contributed by atoms with Crippen LogP contribution in [0.3, 0.4) is 0 Å². The van der Waals surface area contributed by atoms with Gasteiger partial charge in [0.15, 0.2) is 0 Å². The van der Waals surface area contributed by atoms with E-state index in [1.165, 1.54) is 0 Å². The zero-order valence-electron chi connectivity index (χ0n) is 13.3. The van der Waals surface area contributed by atoms with Gasteiger partial charge in [-0.2, -0.15) is 5.10 Å². The summed E-state index contributed by atoms with van der Waals surface area (Å²) in [6, 6.07) is 14.9. The number of amides is 1. The van der Waals surface area contributed by atoms with E-state index >= 15 is 0 Å². The van der Waals surface area contributed by atoms with Gasteiger partial charge in [0.1, 0.15) is 11.4 Å². The third kappa shape index (κ3) is 3.33. The number of carbonyl (C=O) groups is 1. The summed E-state index contributed by atoms with van der Waals surface area (Å²) >= 11 is 3.38. The number of aryl methyl sites for hydroxylation is 1. The molecular formula is C18H16BrN3O2. The molecule has 3 aromatic rings. The van der Waals surface area contributed by atoms with Gasteiger partial charge < -0.3 is 10.1 Å². The minimum Gasteiger partial charge on any atom is -0.496 e. The van der Waals surface area contributed by atoms with Gasteiger partial charge in [0.05, 0.1) is 12.7 Å². The fraction of sp³-hybridized carbons (Fsp3) is 0.111. The first-order valence-corrected chi connectivity index (χ1v) is 8.11. The standard InChI is InChI=1S/C18H16BrN3O2/c1-22-11-15(18(23)20-13-9-7-12(19)8-10-13)17(21-22)14-5-3-4-6-16(14)24-2/h3-11H,1-2H3,(H,20,23). The molecule has 0 radical (unpaired) electrons. The number of hydrogen-bond acceptors (Lipinski definition) is 3. The van der Waals surface area contributed by atoms with E-state index in [1.807, 2.05) is 48.5 Å². The Bertz CT molecular complexity index is 872. The third-order valence-electron chi connectivity index (χ3n) is 3.54. The Labute approximate surface area is 148 Å². The molecule has 0 unspecified atom stereocenters. The third-order valence-corrected chi connectivity index (χ3v) is 4.07. The molecule has 3 rings (SSSR count). The summed E-state index contributed by atoms with van der Waals surface area (Å²) in [5.74, 6) is 0.459. The van der Waals surface area contributed by atoms with Crippen molar-refractivity contribution in [3.05, 3.63) is 64.8 Å². The molecule has 1 heterocycles. The molecule has 0 spiro atoms. The zero-order chi connectivity index (χ0) is 17.1. The lowest BCUT2D eigenvalue weighted by Crippen LogP contribution is -2.12. The van der Waals surface area contributed by atoms with Crippen molar-refractivity contribution < 1.29 is 9.53 Å². The number of rotatable bonds is 4. The minimum atomic E-state index is -0.216. The number of para-hydroxylation sites is 1. The lowest BCUT2D eigenvalue weighted by Gasteiger charge is -2.08.